The third-order valence-corrected chi connectivity index (χ3v) is 8.18. The van der Waals surface area contributed by atoms with Crippen molar-refractivity contribution in [1.29, 1.82) is 0 Å². The van der Waals surface area contributed by atoms with Gasteiger partial charge in [0.15, 0.2) is 9.84 Å². The first-order chi connectivity index (χ1) is 10.3. The molecule has 0 N–H and O–H groups in total. The first-order valence-electron chi connectivity index (χ1n) is 7.58. The molecule has 9 heteroatoms. The summed E-state index contributed by atoms with van der Waals surface area (Å²) < 4.78 is 52.5. The fourth-order valence-corrected chi connectivity index (χ4v) is 6.57. The zero-order chi connectivity index (χ0) is 16.0. The van der Waals surface area contributed by atoms with Gasteiger partial charge in [0.25, 0.3) is 0 Å². The van der Waals surface area contributed by atoms with E-state index in [4.69, 9.17) is 0 Å². The molecule has 1 saturated carbocycles. The number of sulfone groups is 1. The normalized spacial score (nSPS) is 26.7. The summed E-state index contributed by atoms with van der Waals surface area (Å²) in [6, 6.07) is -0.428. The van der Waals surface area contributed by atoms with Gasteiger partial charge in [-0.25, -0.2) is 16.8 Å². The maximum atomic E-state index is 12.9. The first kappa shape index (κ1) is 15.9. The third-order valence-electron chi connectivity index (χ3n) is 4.65. The van der Waals surface area contributed by atoms with Crippen LogP contribution in [0.4, 0.5) is 0 Å². The second kappa shape index (κ2) is 5.61. The summed E-state index contributed by atoms with van der Waals surface area (Å²) in [5.74, 6) is 0.00183. The van der Waals surface area contributed by atoms with Crippen molar-refractivity contribution in [2.75, 3.05) is 18.1 Å². The van der Waals surface area contributed by atoms with Gasteiger partial charge >= 0.3 is 0 Å². The minimum atomic E-state index is -3.69. The maximum absolute atomic E-state index is 12.9. The lowest BCUT2D eigenvalue weighted by molar-refractivity contribution is 0.175. The van der Waals surface area contributed by atoms with Crippen LogP contribution in [0.5, 0.6) is 0 Å². The molecule has 1 aliphatic heterocycles. The molecule has 0 radical (unpaired) electrons. The van der Waals surface area contributed by atoms with Crippen LogP contribution in [-0.2, 0) is 26.4 Å². The van der Waals surface area contributed by atoms with Crippen molar-refractivity contribution < 1.29 is 16.8 Å². The molecule has 0 bridgehead atoms. The second-order valence-corrected chi connectivity index (χ2v) is 10.1. The van der Waals surface area contributed by atoms with E-state index in [0.717, 1.165) is 19.3 Å². The number of hydrogen-bond acceptors (Lipinski definition) is 5. The molecule has 1 saturated heterocycles. The number of aryl methyl sites for hydroxylation is 1. The summed E-state index contributed by atoms with van der Waals surface area (Å²) in [6.07, 6.45) is 5.71. The monoisotopic (exact) mass is 347 g/mol. The van der Waals surface area contributed by atoms with Gasteiger partial charge < -0.3 is 0 Å². The Kier molecular flexibility index (Phi) is 4.07. The van der Waals surface area contributed by atoms with E-state index in [2.05, 4.69) is 5.10 Å². The van der Waals surface area contributed by atoms with Crippen molar-refractivity contribution in [2.45, 2.75) is 43.7 Å². The van der Waals surface area contributed by atoms with E-state index >= 15 is 0 Å². The van der Waals surface area contributed by atoms with Crippen molar-refractivity contribution in [3.63, 3.8) is 0 Å². The van der Waals surface area contributed by atoms with Gasteiger partial charge in [-0.05, 0) is 25.7 Å². The van der Waals surface area contributed by atoms with Crippen molar-refractivity contribution in [1.82, 2.24) is 14.1 Å². The predicted octanol–water partition coefficient (Wildman–Crippen LogP) is 0.491. The van der Waals surface area contributed by atoms with E-state index in [1.165, 1.54) is 16.7 Å². The Morgan fingerprint density at radius 3 is 2.64 bits per heavy atom. The van der Waals surface area contributed by atoms with Crippen LogP contribution >= 0.6 is 0 Å². The Bertz CT molecular complexity index is 750. The standard InChI is InChI=1S/C13H21N3O4S2/c1-2-15-9-12(8-14-15)22(19,20)16-6-7-21(17,18)10-13(16)11-4-3-5-11/h8-9,11,13H,2-7,10H2,1H3/t13-/m1/s1. The van der Waals surface area contributed by atoms with E-state index in [0.29, 0.717) is 6.54 Å². The molecule has 0 spiro atoms. The Morgan fingerprint density at radius 2 is 2.09 bits per heavy atom. The highest BCUT2D eigenvalue weighted by Gasteiger charge is 2.44. The Morgan fingerprint density at radius 1 is 1.36 bits per heavy atom. The molecule has 1 aromatic heterocycles. The fraction of sp³-hybridized carbons (Fsp3) is 0.769. The third kappa shape index (κ3) is 2.81. The lowest BCUT2D eigenvalue weighted by Crippen LogP contribution is -2.55. The van der Waals surface area contributed by atoms with Gasteiger partial charge in [-0.3, -0.25) is 4.68 Å². The summed E-state index contributed by atoms with van der Waals surface area (Å²) in [6.45, 7) is 2.52. The van der Waals surface area contributed by atoms with Gasteiger partial charge in [0.1, 0.15) is 4.90 Å². The van der Waals surface area contributed by atoms with Crippen LogP contribution in [-0.4, -0.2) is 55.0 Å². The zero-order valence-corrected chi connectivity index (χ0v) is 14.2. The van der Waals surface area contributed by atoms with Crippen LogP contribution in [0.15, 0.2) is 17.3 Å². The van der Waals surface area contributed by atoms with Crippen molar-refractivity contribution in [3.8, 4) is 0 Å². The van der Waals surface area contributed by atoms with Crippen molar-refractivity contribution in [3.05, 3.63) is 12.4 Å². The van der Waals surface area contributed by atoms with E-state index in [1.807, 2.05) is 6.92 Å². The van der Waals surface area contributed by atoms with Gasteiger partial charge in [0.2, 0.25) is 10.0 Å². The van der Waals surface area contributed by atoms with Crippen LogP contribution in [0.25, 0.3) is 0 Å². The largest absolute Gasteiger partial charge is 0.272 e. The Balaban J connectivity index is 1.93. The maximum Gasteiger partial charge on any atom is 0.246 e. The van der Waals surface area contributed by atoms with E-state index in [9.17, 15) is 16.8 Å². The van der Waals surface area contributed by atoms with E-state index < -0.39 is 25.9 Å². The molecular formula is C13H21N3O4S2. The van der Waals surface area contributed by atoms with Gasteiger partial charge in [0, 0.05) is 25.3 Å². The molecule has 2 heterocycles. The molecule has 1 aliphatic carbocycles. The fourth-order valence-electron chi connectivity index (χ4n) is 3.10. The van der Waals surface area contributed by atoms with Crippen LogP contribution in [0.2, 0.25) is 0 Å². The predicted molar refractivity (Wildman–Crippen MR) is 81.6 cm³/mol. The number of aromatic nitrogens is 2. The summed E-state index contributed by atoms with van der Waals surface area (Å²) >= 11 is 0. The quantitative estimate of drug-likeness (QED) is 0.791. The van der Waals surface area contributed by atoms with Crippen LogP contribution in [0, 0.1) is 5.92 Å². The molecule has 1 aromatic rings. The lowest BCUT2D eigenvalue weighted by atomic mass is 9.80. The Hall–Kier alpha value is -0.930. The SMILES string of the molecule is CCn1cc(S(=O)(=O)N2CCS(=O)(=O)C[C@@H]2C2CCC2)cn1. The number of hydrogen-bond donors (Lipinski definition) is 0. The molecule has 22 heavy (non-hydrogen) atoms. The molecule has 124 valence electrons. The smallest absolute Gasteiger partial charge is 0.246 e. The Labute approximate surface area is 131 Å². The van der Waals surface area contributed by atoms with Gasteiger partial charge in [-0.1, -0.05) is 6.42 Å². The van der Waals surface area contributed by atoms with Crippen LogP contribution in [0.3, 0.4) is 0 Å². The molecule has 2 aliphatic rings. The summed E-state index contributed by atoms with van der Waals surface area (Å²) in [4.78, 5) is 0.151. The minimum Gasteiger partial charge on any atom is -0.272 e. The van der Waals surface area contributed by atoms with Crippen molar-refractivity contribution in [2.24, 2.45) is 5.92 Å². The summed E-state index contributed by atoms with van der Waals surface area (Å²) in [5.41, 5.74) is 0. The van der Waals surface area contributed by atoms with Gasteiger partial charge in [0.05, 0.1) is 17.7 Å². The van der Waals surface area contributed by atoms with Crippen LogP contribution < -0.4 is 0 Å². The van der Waals surface area contributed by atoms with E-state index in [-0.39, 0.29) is 28.9 Å². The molecule has 0 aromatic carbocycles. The average molecular weight is 347 g/mol. The molecule has 3 rings (SSSR count). The second-order valence-electron chi connectivity index (χ2n) is 6.02. The molecule has 2 fully saturated rings. The van der Waals surface area contributed by atoms with Crippen LogP contribution in [0.1, 0.15) is 26.2 Å². The van der Waals surface area contributed by atoms with Gasteiger partial charge in [-0.15, -0.1) is 0 Å². The lowest BCUT2D eigenvalue weighted by Gasteiger charge is -2.42. The number of sulfonamides is 1. The molecule has 0 amide bonds. The minimum absolute atomic E-state index is 0.0448. The highest BCUT2D eigenvalue weighted by Crippen LogP contribution is 2.36. The zero-order valence-electron chi connectivity index (χ0n) is 12.6. The molecular weight excluding hydrogens is 326 g/mol. The topological polar surface area (TPSA) is 89.3 Å². The van der Waals surface area contributed by atoms with Gasteiger partial charge in [-0.2, -0.15) is 9.40 Å². The summed E-state index contributed by atoms with van der Waals surface area (Å²) in [5, 5.41) is 4.02. The highest BCUT2D eigenvalue weighted by molar-refractivity contribution is 7.92. The first-order valence-corrected chi connectivity index (χ1v) is 10.8. The average Bonchev–Trinajstić information content (AvgIpc) is 2.84. The van der Waals surface area contributed by atoms with Crippen molar-refractivity contribution >= 4 is 19.9 Å². The molecule has 1 atom stereocenters. The molecule has 7 nitrogen and oxygen atoms in total. The molecule has 0 unspecified atom stereocenters. The summed E-state index contributed by atoms with van der Waals surface area (Å²) in [7, 11) is -6.84. The number of rotatable bonds is 4. The highest BCUT2D eigenvalue weighted by atomic mass is 32.2. The number of nitrogens with zero attached hydrogens (tertiary/aromatic N) is 3. The van der Waals surface area contributed by atoms with E-state index in [1.54, 1.807) is 4.68 Å².